The summed E-state index contributed by atoms with van der Waals surface area (Å²) < 4.78 is 5.51. The maximum Gasteiger partial charge on any atom is 0.258 e. The van der Waals surface area contributed by atoms with Crippen LogP contribution in [-0.4, -0.2) is 41.8 Å². The van der Waals surface area contributed by atoms with Gasteiger partial charge in [0, 0.05) is 31.5 Å². The van der Waals surface area contributed by atoms with Gasteiger partial charge in [-0.1, -0.05) is 0 Å². The average molecular weight is 288 g/mol. The van der Waals surface area contributed by atoms with Crippen LogP contribution in [0, 0.1) is 0 Å². The second-order valence-electron chi connectivity index (χ2n) is 6.31. The van der Waals surface area contributed by atoms with Crippen LogP contribution in [0.1, 0.15) is 58.6 Å². The molecule has 2 saturated heterocycles. The van der Waals surface area contributed by atoms with Crippen LogP contribution in [0.4, 0.5) is 0 Å². The Bertz CT molecular complexity index is 578. The van der Waals surface area contributed by atoms with E-state index in [2.05, 4.69) is 5.32 Å². The quantitative estimate of drug-likeness (QED) is 0.855. The first-order chi connectivity index (χ1) is 10.3. The Labute approximate surface area is 123 Å². The molecule has 1 aliphatic carbocycles. The summed E-state index contributed by atoms with van der Waals surface area (Å²) in [6.07, 6.45) is 6.75. The largest absolute Gasteiger partial charge is 0.468 e. The number of hydrogen-bond donors (Lipinski definition) is 1. The van der Waals surface area contributed by atoms with E-state index in [9.17, 15) is 9.59 Å². The predicted molar refractivity (Wildman–Crippen MR) is 76.4 cm³/mol. The number of fused-ring (bicyclic) bond motifs is 3. The molecule has 0 unspecified atom stereocenters. The van der Waals surface area contributed by atoms with Crippen LogP contribution in [0.2, 0.25) is 0 Å². The molecule has 0 radical (unpaired) electrons. The van der Waals surface area contributed by atoms with Crippen LogP contribution in [-0.2, 0) is 6.42 Å². The molecular weight excluding hydrogens is 268 g/mol. The van der Waals surface area contributed by atoms with E-state index in [1.807, 2.05) is 4.90 Å². The zero-order valence-electron chi connectivity index (χ0n) is 12.1. The second kappa shape index (κ2) is 4.98. The summed E-state index contributed by atoms with van der Waals surface area (Å²) in [5.41, 5.74) is 1.05. The standard InChI is InChI=1S/C16H20N2O3/c19-13-2-1-3-14-15(13)12(9-21-14)16(20)18-10-4-5-11(18)8-17-7-6-10/h9-11,17H,1-8H2/t10-,11+/m1/s1. The fourth-order valence-corrected chi connectivity index (χ4v) is 4.03. The van der Waals surface area contributed by atoms with Crippen LogP contribution < -0.4 is 5.32 Å². The number of hydrogen-bond acceptors (Lipinski definition) is 4. The number of Topliss-reactive ketones (excluding diaryl/α,β-unsaturated/α-hetero) is 1. The summed E-state index contributed by atoms with van der Waals surface area (Å²) in [5.74, 6) is 0.759. The van der Waals surface area contributed by atoms with Crippen molar-refractivity contribution in [3.05, 3.63) is 23.2 Å². The summed E-state index contributed by atoms with van der Waals surface area (Å²) in [4.78, 5) is 27.1. The summed E-state index contributed by atoms with van der Waals surface area (Å²) in [6.45, 7) is 1.82. The molecule has 5 nitrogen and oxygen atoms in total. The van der Waals surface area contributed by atoms with Gasteiger partial charge in [-0.3, -0.25) is 9.59 Å². The van der Waals surface area contributed by atoms with Gasteiger partial charge in [0.2, 0.25) is 0 Å². The van der Waals surface area contributed by atoms with Crippen molar-refractivity contribution in [2.24, 2.45) is 0 Å². The fourth-order valence-electron chi connectivity index (χ4n) is 4.03. The van der Waals surface area contributed by atoms with Gasteiger partial charge in [0.1, 0.15) is 12.0 Å². The highest BCUT2D eigenvalue weighted by atomic mass is 16.3. The molecule has 2 bridgehead atoms. The maximum absolute atomic E-state index is 13.0. The molecule has 2 atom stereocenters. The first-order valence-electron chi connectivity index (χ1n) is 7.92. The lowest BCUT2D eigenvalue weighted by Crippen LogP contribution is -2.42. The van der Waals surface area contributed by atoms with E-state index < -0.39 is 0 Å². The molecule has 1 N–H and O–H groups in total. The number of nitrogens with zero attached hydrogens (tertiary/aromatic N) is 1. The van der Waals surface area contributed by atoms with Gasteiger partial charge in [-0.2, -0.15) is 0 Å². The van der Waals surface area contributed by atoms with Gasteiger partial charge in [0.25, 0.3) is 5.91 Å². The summed E-state index contributed by atoms with van der Waals surface area (Å²) in [6, 6.07) is 0.566. The second-order valence-corrected chi connectivity index (χ2v) is 6.31. The molecule has 1 aromatic heterocycles. The first-order valence-corrected chi connectivity index (χ1v) is 7.92. The van der Waals surface area contributed by atoms with Crippen LogP contribution >= 0.6 is 0 Å². The predicted octanol–water partition coefficient (Wildman–Crippen LogP) is 1.77. The minimum Gasteiger partial charge on any atom is -0.468 e. The molecule has 1 aromatic rings. The van der Waals surface area contributed by atoms with Crippen LogP contribution in [0.3, 0.4) is 0 Å². The Kier molecular flexibility index (Phi) is 3.10. The van der Waals surface area contributed by atoms with Gasteiger partial charge in [0.05, 0.1) is 11.1 Å². The Balaban J connectivity index is 1.69. The molecule has 3 aliphatic rings. The van der Waals surface area contributed by atoms with E-state index in [1.54, 1.807) is 0 Å². The average Bonchev–Trinajstić information content (AvgIpc) is 2.99. The molecule has 2 aliphatic heterocycles. The lowest BCUT2D eigenvalue weighted by Gasteiger charge is -2.28. The van der Waals surface area contributed by atoms with Gasteiger partial charge < -0.3 is 14.6 Å². The first kappa shape index (κ1) is 13.1. The number of amides is 1. The van der Waals surface area contributed by atoms with Crippen molar-refractivity contribution in [1.82, 2.24) is 10.2 Å². The molecule has 1 amide bonds. The highest BCUT2D eigenvalue weighted by Gasteiger charge is 2.40. The monoisotopic (exact) mass is 288 g/mol. The van der Waals surface area contributed by atoms with Gasteiger partial charge in [-0.05, 0) is 32.2 Å². The van der Waals surface area contributed by atoms with Gasteiger partial charge in [-0.25, -0.2) is 0 Å². The third-order valence-corrected chi connectivity index (χ3v) is 5.07. The Hall–Kier alpha value is -1.62. The molecule has 4 rings (SSSR count). The maximum atomic E-state index is 13.0. The van der Waals surface area contributed by atoms with E-state index in [4.69, 9.17) is 4.42 Å². The summed E-state index contributed by atoms with van der Waals surface area (Å²) >= 11 is 0. The number of rotatable bonds is 1. The Morgan fingerprint density at radius 1 is 1.24 bits per heavy atom. The third kappa shape index (κ3) is 2.02. The van der Waals surface area contributed by atoms with E-state index in [1.165, 1.54) is 6.26 Å². The SMILES string of the molecule is O=C1CCCc2occ(C(=O)N3[C@H]4CCNC[C@@H]3CC4)c21. The van der Waals surface area contributed by atoms with E-state index >= 15 is 0 Å². The molecule has 2 fully saturated rings. The van der Waals surface area contributed by atoms with Crippen LogP contribution in [0.15, 0.2) is 10.7 Å². The smallest absolute Gasteiger partial charge is 0.258 e. The Morgan fingerprint density at radius 2 is 2.10 bits per heavy atom. The number of ketones is 1. The lowest BCUT2D eigenvalue weighted by atomic mass is 9.93. The van der Waals surface area contributed by atoms with E-state index in [-0.39, 0.29) is 17.7 Å². The molecule has 0 aromatic carbocycles. The van der Waals surface area contributed by atoms with Crippen molar-refractivity contribution >= 4 is 11.7 Å². The van der Waals surface area contributed by atoms with Crippen molar-refractivity contribution in [3.8, 4) is 0 Å². The minimum absolute atomic E-state index is 0.00792. The zero-order chi connectivity index (χ0) is 14.4. The molecule has 0 spiro atoms. The van der Waals surface area contributed by atoms with E-state index in [0.717, 1.165) is 45.2 Å². The minimum atomic E-state index is -0.00792. The zero-order valence-corrected chi connectivity index (χ0v) is 12.1. The molecule has 3 heterocycles. The summed E-state index contributed by atoms with van der Waals surface area (Å²) in [7, 11) is 0. The van der Waals surface area contributed by atoms with Crippen molar-refractivity contribution < 1.29 is 14.0 Å². The number of aryl methyl sites for hydroxylation is 1. The Morgan fingerprint density at radius 3 is 3.00 bits per heavy atom. The third-order valence-electron chi connectivity index (χ3n) is 5.07. The number of furan rings is 1. The molecule has 0 saturated carbocycles. The van der Waals surface area contributed by atoms with Gasteiger partial charge in [-0.15, -0.1) is 0 Å². The van der Waals surface area contributed by atoms with Gasteiger partial charge >= 0.3 is 0 Å². The van der Waals surface area contributed by atoms with Crippen molar-refractivity contribution in [1.29, 1.82) is 0 Å². The van der Waals surface area contributed by atoms with Crippen molar-refractivity contribution in [2.75, 3.05) is 13.1 Å². The van der Waals surface area contributed by atoms with Gasteiger partial charge in [0.15, 0.2) is 5.78 Å². The number of carbonyl (C=O) groups is 2. The fraction of sp³-hybridized carbons (Fsp3) is 0.625. The molecule has 112 valence electrons. The van der Waals surface area contributed by atoms with Crippen LogP contribution in [0.5, 0.6) is 0 Å². The number of nitrogens with one attached hydrogen (secondary N) is 1. The van der Waals surface area contributed by atoms with Crippen LogP contribution in [0.25, 0.3) is 0 Å². The summed E-state index contributed by atoms with van der Waals surface area (Å²) in [5, 5.41) is 3.40. The molecule has 5 heteroatoms. The van der Waals surface area contributed by atoms with E-state index in [0.29, 0.717) is 29.3 Å². The molecule has 21 heavy (non-hydrogen) atoms. The highest BCUT2D eigenvalue weighted by molar-refractivity contribution is 6.09. The van der Waals surface area contributed by atoms with Crippen molar-refractivity contribution in [2.45, 2.75) is 50.6 Å². The number of carbonyl (C=O) groups excluding carboxylic acids is 2. The highest BCUT2D eigenvalue weighted by Crippen LogP contribution is 2.33. The normalized spacial score (nSPS) is 28.4. The molecular formula is C16H20N2O3. The topological polar surface area (TPSA) is 62.6 Å². The lowest BCUT2D eigenvalue weighted by molar-refractivity contribution is 0.0675. The van der Waals surface area contributed by atoms with Crippen molar-refractivity contribution in [3.63, 3.8) is 0 Å².